The highest BCUT2D eigenvalue weighted by Crippen LogP contribution is 2.17. The number of amides is 1. The van der Waals surface area contributed by atoms with Crippen molar-refractivity contribution >= 4 is 5.91 Å². The van der Waals surface area contributed by atoms with Crippen LogP contribution in [-0.4, -0.2) is 41.7 Å². The van der Waals surface area contributed by atoms with Crippen molar-refractivity contribution in [2.24, 2.45) is 7.05 Å². The van der Waals surface area contributed by atoms with Gasteiger partial charge >= 0.3 is 0 Å². The highest BCUT2D eigenvalue weighted by molar-refractivity contribution is 5.76. The summed E-state index contributed by atoms with van der Waals surface area (Å²) in [7, 11) is 2.05. The van der Waals surface area contributed by atoms with Gasteiger partial charge in [0.25, 0.3) is 0 Å². The maximum Gasteiger partial charge on any atom is 0.223 e. The molecule has 0 unspecified atom stereocenters. The third kappa shape index (κ3) is 2.75. The van der Waals surface area contributed by atoms with Gasteiger partial charge in [0.2, 0.25) is 5.91 Å². The Kier molecular flexibility index (Phi) is 4.07. The van der Waals surface area contributed by atoms with Gasteiger partial charge in [0.05, 0.1) is 13.2 Å². The number of carbonyl (C=O) groups is 1. The highest BCUT2D eigenvalue weighted by Gasteiger charge is 2.17. The van der Waals surface area contributed by atoms with Gasteiger partial charge in [-0.25, -0.2) is 0 Å². The quantitative estimate of drug-likeness (QED) is 0.813. The van der Waals surface area contributed by atoms with Gasteiger partial charge in [0.1, 0.15) is 0 Å². The Morgan fingerprint density at radius 2 is 2.00 bits per heavy atom. The predicted molar refractivity (Wildman–Crippen MR) is 70.6 cm³/mol. The molecule has 0 radical (unpaired) electrons. The van der Waals surface area contributed by atoms with E-state index in [4.69, 9.17) is 4.74 Å². The number of carbonyl (C=O) groups excluding carboxylic acids is 1. The van der Waals surface area contributed by atoms with E-state index in [9.17, 15) is 4.79 Å². The largest absolute Gasteiger partial charge is 0.378 e. The van der Waals surface area contributed by atoms with Gasteiger partial charge in [-0.3, -0.25) is 4.79 Å². The summed E-state index contributed by atoms with van der Waals surface area (Å²) in [5.74, 6) is 0.251. The van der Waals surface area contributed by atoms with E-state index >= 15 is 0 Å². The first-order valence-corrected chi connectivity index (χ1v) is 6.56. The van der Waals surface area contributed by atoms with Crippen LogP contribution in [0.5, 0.6) is 0 Å². The minimum atomic E-state index is 0.251. The molecule has 0 N–H and O–H groups in total. The third-order valence-electron chi connectivity index (χ3n) is 3.78. The van der Waals surface area contributed by atoms with Crippen molar-refractivity contribution in [2.45, 2.75) is 26.7 Å². The average molecular weight is 250 g/mol. The molecule has 1 aromatic heterocycles. The number of hydrogen-bond acceptors (Lipinski definition) is 2. The lowest BCUT2D eigenvalue weighted by Crippen LogP contribution is -2.40. The van der Waals surface area contributed by atoms with E-state index in [2.05, 4.69) is 31.7 Å². The molecule has 2 heterocycles. The van der Waals surface area contributed by atoms with E-state index in [1.807, 2.05) is 4.90 Å². The van der Waals surface area contributed by atoms with Crippen molar-refractivity contribution in [2.75, 3.05) is 26.3 Å². The van der Waals surface area contributed by atoms with Crippen LogP contribution in [0.4, 0.5) is 0 Å². The lowest BCUT2D eigenvalue weighted by atomic mass is 10.1. The topological polar surface area (TPSA) is 34.5 Å². The Morgan fingerprint density at radius 3 is 2.56 bits per heavy atom. The van der Waals surface area contributed by atoms with E-state index < -0.39 is 0 Å². The van der Waals surface area contributed by atoms with E-state index in [1.54, 1.807) is 0 Å². The summed E-state index contributed by atoms with van der Waals surface area (Å²) in [6.45, 7) is 7.06. The molecule has 4 heteroatoms. The monoisotopic (exact) mass is 250 g/mol. The molecule has 1 aliphatic rings. The van der Waals surface area contributed by atoms with Gasteiger partial charge in [-0.05, 0) is 31.4 Å². The summed E-state index contributed by atoms with van der Waals surface area (Å²) in [4.78, 5) is 14.0. The smallest absolute Gasteiger partial charge is 0.223 e. The van der Waals surface area contributed by atoms with Crippen molar-refractivity contribution in [1.82, 2.24) is 9.47 Å². The van der Waals surface area contributed by atoms with Crippen LogP contribution in [0.2, 0.25) is 0 Å². The molecular formula is C14H22N2O2. The summed E-state index contributed by atoms with van der Waals surface area (Å²) < 4.78 is 7.39. The standard InChI is InChI=1S/C14H22N2O2/c1-11-10-15(3)12(2)13(11)4-5-14(17)16-6-8-18-9-7-16/h10H,4-9H2,1-3H3. The van der Waals surface area contributed by atoms with Gasteiger partial charge in [0, 0.05) is 38.4 Å². The van der Waals surface area contributed by atoms with Crippen LogP contribution in [0.15, 0.2) is 6.20 Å². The van der Waals surface area contributed by atoms with Crippen LogP contribution < -0.4 is 0 Å². The van der Waals surface area contributed by atoms with Crippen molar-refractivity contribution in [3.8, 4) is 0 Å². The molecule has 0 saturated carbocycles. The fourth-order valence-corrected chi connectivity index (χ4v) is 2.54. The maximum absolute atomic E-state index is 12.1. The second kappa shape index (κ2) is 5.57. The zero-order valence-corrected chi connectivity index (χ0v) is 11.5. The molecular weight excluding hydrogens is 228 g/mol. The van der Waals surface area contributed by atoms with E-state index in [0.717, 1.165) is 19.5 Å². The molecule has 0 aromatic carbocycles. The number of hydrogen-bond donors (Lipinski definition) is 0. The van der Waals surface area contributed by atoms with Crippen molar-refractivity contribution < 1.29 is 9.53 Å². The summed E-state index contributed by atoms with van der Waals surface area (Å²) in [6.07, 6.45) is 3.57. The first kappa shape index (κ1) is 13.1. The lowest BCUT2D eigenvalue weighted by Gasteiger charge is -2.26. The van der Waals surface area contributed by atoms with Crippen LogP contribution in [-0.2, 0) is 23.0 Å². The van der Waals surface area contributed by atoms with Crippen LogP contribution in [0.3, 0.4) is 0 Å². The van der Waals surface area contributed by atoms with E-state index in [1.165, 1.54) is 16.8 Å². The molecule has 0 spiro atoms. The van der Waals surface area contributed by atoms with Crippen LogP contribution in [0.1, 0.15) is 23.2 Å². The van der Waals surface area contributed by atoms with Crippen molar-refractivity contribution in [3.05, 3.63) is 23.0 Å². The molecule has 1 aromatic rings. The summed E-state index contributed by atoms with van der Waals surface area (Å²) in [5.41, 5.74) is 3.87. The van der Waals surface area contributed by atoms with Crippen LogP contribution in [0, 0.1) is 13.8 Å². The minimum absolute atomic E-state index is 0.251. The van der Waals surface area contributed by atoms with Crippen LogP contribution in [0.25, 0.3) is 0 Å². The van der Waals surface area contributed by atoms with Crippen LogP contribution >= 0.6 is 0 Å². The molecule has 2 rings (SSSR count). The SMILES string of the molecule is Cc1cn(C)c(C)c1CCC(=O)N1CCOCC1. The summed E-state index contributed by atoms with van der Waals surface area (Å²) >= 11 is 0. The summed E-state index contributed by atoms with van der Waals surface area (Å²) in [6, 6.07) is 0. The number of nitrogens with zero attached hydrogens (tertiary/aromatic N) is 2. The molecule has 0 aliphatic carbocycles. The molecule has 0 bridgehead atoms. The van der Waals surface area contributed by atoms with E-state index in [0.29, 0.717) is 19.6 Å². The number of aromatic nitrogens is 1. The number of rotatable bonds is 3. The molecule has 1 saturated heterocycles. The second-order valence-corrected chi connectivity index (χ2v) is 4.98. The molecule has 18 heavy (non-hydrogen) atoms. The predicted octanol–water partition coefficient (Wildman–Crippen LogP) is 1.43. The maximum atomic E-state index is 12.1. The Hall–Kier alpha value is -1.29. The van der Waals surface area contributed by atoms with Gasteiger partial charge in [-0.1, -0.05) is 0 Å². The average Bonchev–Trinajstić information content (AvgIpc) is 2.62. The fourth-order valence-electron chi connectivity index (χ4n) is 2.54. The third-order valence-corrected chi connectivity index (χ3v) is 3.78. The minimum Gasteiger partial charge on any atom is -0.378 e. The first-order valence-electron chi connectivity index (χ1n) is 6.56. The van der Waals surface area contributed by atoms with Crippen molar-refractivity contribution in [1.29, 1.82) is 0 Å². The molecule has 4 nitrogen and oxygen atoms in total. The zero-order chi connectivity index (χ0) is 13.1. The Balaban J connectivity index is 1.92. The molecule has 1 amide bonds. The van der Waals surface area contributed by atoms with Crippen molar-refractivity contribution in [3.63, 3.8) is 0 Å². The number of aryl methyl sites for hydroxylation is 2. The summed E-state index contributed by atoms with van der Waals surface area (Å²) in [5, 5.41) is 0. The number of morpholine rings is 1. The first-order chi connectivity index (χ1) is 8.59. The fraction of sp³-hybridized carbons (Fsp3) is 0.643. The molecule has 1 fully saturated rings. The van der Waals surface area contributed by atoms with Gasteiger partial charge in [0.15, 0.2) is 0 Å². The van der Waals surface area contributed by atoms with Gasteiger partial charge in [-0.2, -0.15) is 0 Å². The van der Waals surface area contributed by atoms with E-state index in [-0.39, 0.29) is 5.91 Å². The Bertz CT molecular complexity index is 431. The lowest BCUT2D eigenvalue weighted by molar-refractivity contribution is -0.135. The van der Waals surface area contributed by atoms with Gasteiger partial charge in [-0.15, -0.1) is 0 Å². The molecule has 100 valence electrons. The number of ether oxygens (including phenoxy) is 1. The molecule has 0 atom stereocenters. The second-order valence-electron chi connectivity index (χ2n) is 4.98. The Labute approximate surface area is 109 Å². The zero-order valence-electron chi connectivity index (χ0n) is 11.5. The normalized spacial score (nSPS) is 16.1. The highest BCUT2D eigenvalue weighted by atomic mass is 16.5. The Morgan fingerprint density at radius 1 is 1.33 bits per heavy atom. The van der Waals surface area contributed by atoms with Gasteiger partial charge < -0.3 is 14.2 Å². The molecule has 1 aliphatic heterocycles.